The lowest BCUT2D eigenvalue weighted by Crippen LogP contribution is -2.47. The molecule has 0 aromatic heterocycles. The van der Waals surface area contributed by atoms with Gasteiger partial charge in [0.1, 0.15) is 5.69 Å². The first-order valence-electron chi connectivity index (χ1n) is 11.0. The number of ether oxygens (including phenoxy) is 1. The molecule has 4 rings (SSSR count). The largest absolute Gasteiger partial charge is 0.378 e. The van der Waals surface area contributed by atoms with Crippen molar-refractivity contribution in [1.29, 1.82) is 0 Å². The first-order valence-corrected chi connectivity index (χ1v) is 11.4. The molecule has 0 radical (unpaired) electrons. The zero-order valence-electron chi connectivity index (χ0n) is 18.8. The number of piperazine rings is 1. The standard InChI is InChI=1S/C23H26ClN5O5/c1-26-6-8-28(9-7-26)23(31)17-2-4-18(24)19(14-17)25-22(30)16-3-5-20(21(15-16)29(32)33)27-10-12-34-13-11-27/h2-5,14-15H,6-13H2,1H3,(H,25,30). The molecule has 2 heterocycles. The number of rotatable bonds is 5. The van der Waals surface area contributed by atoms with Crippen LogP contribution in [0, 0.1) is 10.1 Å². The van der Waals surface area contributed by atoms with Crippen LogP contribution in [0.15, 0.2) is 36.4 Å². The number of morpholine rings is 1. The molecular formula is C23H26ClN5O5. The molecule has 2 saturated heterocycles. The van der Waals surface area contributed by atoms with Crippen LogP contribution in [0.1, 0.15) is 20.7 Å². The lowest BCUT2D eigenvalue weighted by atomic mass is 10.1. The van der Waals surface area contributed by atoms with Gasteiger partial charge in [0, 0.05) is 56.5 Å². The molecule has 0 spiro atoms. The quantitative estimate of drug-likeness (QED) is 0.510. The number of carbonyl (C=O) groups excluding carboxylic acids is 2. The molecule has 2 aromatic rings. The van der Waals surface area contributed by atoms with Gasteiger partial charge in [-0.1, -0.05) is 11.6 Å². The first-order chi connectivity index (χ1) is 16.3. The topological polar surface area (TPSA) is 108 Å². The van der Waals surface area contributed by atoms with E-state index < -0.39 is 10.8 Å². The third-order valence-electron chi connectivity index (χ3n) is 6.04. The Balaban J connectivity index is 1.53. The molecule has 0 atom stereocenters. The fourth-order valence-electron chi connectivity index (χ4n) is 4.02. The maximum atomic E-state index is 12.9. The van der Waals surface area contributed by atoms with Gasteiger partial charge < -0.3 is 24.8 Å². The number of nitrogens with zero attached hydrogens (tertiary/aromatic N) is 4. The van der Waals surface area contributed by atoms with E-state index in [0.29, 0.717) is 50.6 Å². The number of halogens is 1. The van der Waals surface area contributed by atoms with Gasteiger partial charge in [-0.25, -0.2) is 0 Å². The van der Waals surface area contributed by atoms with Crippen LogP contribution in [-0.2, 0) is 4.74 Å². The third-order valence-corrected chi connectivity index (χ3v) is 6.37. The van der Waals surface area contributed by atoms with Crippen molar-refractivity contribution < 1.29 is 19.2 Å². The van der Waals surface area contributed by atoms with Gasteiger partial charge in [0.05, 0.1) is 28.8 Å². The highest BCUT2D eigenvalue weighted by Crippen LogP contribution is 2.31. The Morgan fingerprint density at radius 2 is 1.68 bits per heavy atom. The highest BCUT2D eigenvalue weighted by atomic mass is 35.5. The van der Waals surface area contributed by atoms with Gasteiger partial charge in [0.2, 0.25) is 0 Å². The van der Waals surface area contributed by atoms with Gasteiger partial charge in [-0.05, 0) is 37.4 Å². The van der Waals surface area contributed by atoms with E-state index in [1.807, 2.05) is 11.9 Å². The zero-order chi connectivity index (χ0) is 24.2. The molecule has 0 aliphatic carbocycles. The van der Waals surface area contributed by atoms with Crippen molar-refractivity contribution in [2.24, 2.45) is 0 Å². The van der Waals surface area contributed by atoms with Crippen LogP contribution >= 0.6 is 11.6 Å². The molecule has 0 bridgehead atoms. The summed E-state index contributed by atoms with van der Waals surface area (Å²) in [6.45, 7) is 4.89. The van der Waals surface area contributed by atoms with Crippen molar-refractivity contribution in [3.8, 4) is 0 Å². The van der Waals surface area contributed by atoms with Crippen LogP contribution in [0.3, 0.4) is 0 Å². The predicted molar refractivity (Wildman–Crippen MR) is 129 cm³/mol. The number of likely N-dealkylation sites (N-methyl/N-ethyl adjacent to an activating group) is 1. The summed E-state index contributed by atoms with van der Waals surface area (Å²) < 4.78 is 5.31. The van der Waals surface area contributed by atoms with E-state index in [-0.39, 0.29) is 27.9 Å². The molecule has 34 heavy (non-hydrogen) atoms. The number of carbonyl (C=O) groups is 2. The fourth-order valence-corrected chi connectivity index (χ4v) is 4.19. The van der Waals surface area contributed by atoms with Crippen molar-refractivity contribution in [3.05, 3.63) is 62.7 Å². The van der Waals surface area contributed by atoms with E-state index in [4.69, 9.17) is 16.3 Å². The van der Waals surface area contributed by atoms with Gasteiger partial charge >= 0.3 is 0 Å². The summed E-state index contributed by atoms with van der Waals surface area (Å²) in [7, 11) is 2.01. The molecule has 180 valence electrons. The summed E-state index contributed by atoms with van der Waals surface area (Å²) in [5.41, 5.74) is 1.10. The summed E-state index contributed by atoms with van der Waals surface area (Å²) in [5, 5.41) is 14.6. The summed E-state index contributed by atoms with van der Waals surface area (Å²) in [5.74, 6) is -0.687. The summed E-state index contributed by atoms with van der Waals surface area (Å²) in [6.07, 6.45) is 0. The van der Waals surface area contributed by atoms with Crippen LogP contribution in [-0.4, -0.2) is 86.1 Å². The molecule has 1 N–H and O–H groups in total. The normalized spacial score (nSPS) is 16.9. The van der Waals surface area contributed by atoms with Crippen LogP contribution in [0.25, 0.3) is 0 Å². The second kappa shape index (κ2) is 10.4. The van der Waals surface area contributed by atoms with E-state index in [9.17, 15) is 19.7 Å². The molecule has 2 amide bonds. The second-order valence-electron chi connectivity index (χ2n) is 8.30. The molecular weight excluding hydrogens is 462 g/mol. The number of hydrogen-bond donors (Lipinski definition) is 1. The summed E-state index contributed by atoms with van der Waals surface area (Å²) in [6, 6.07) is 9.10. The predicted octanol–water partition coefficient (Wildman–Crippen LogP) is 2.72. The number of benzene rings is 2. The summed E-state index contributed by atoms with van der Waals surface area (Å²) >= 11 is 6.27. The van der Waals surface area contributed by atoms with E-state index in [1.165, 1.54) is 12.1 Å². The minimum Gasteiger partial charge on any atom is -0.378 e. The minimum atomic E-state index is -0.553. The van der Waals surface area contributed by atoms with Crippen molar-refractivity contribution in [1.82, 2.24) is 9.80 Å². The van der Waals surface area contributed by atoms with Crippen molar-refractivity contribution in [2.45, 2.75) is 0 Å². The SMILES string of the molecule is CN1CCN(C(=O)c2ccc(Cl)c(NC(=O)c3ccc(N4CCOCC4)c([N+](=O)[O-])c3)c2)CC1. The molecule has 0 saturated carbocycles. The Bertz CT molecular complexity index is 1100. The smallest absolute Gasteiger partial charge is 0.293 e. The number of hydrogen-bond acceptors (Lipinski definition) is 7. The lowest BCUT2D eigenvalue weighted by molar-refractivity contribution is -0.384. The molecule has 2 aromatic carbocycles. The average molecular weight is 488 g/mol. The Labute approximate surface area is 202 Å². The Morgan fingerprint density at radius 1 is 1.00 bits per heavy atom. The zero-order valence-corrected chi connectivity index (χ0v) is 19.6. The molecule has 0 unspecified atom stereocenters. The van der Waals surface area contributed by atoms with E-state index in [2.05, 4.69) is 10.2 Å². The average Bonchev–Trinajstić information content (AvgIpc) is 2.85. The maximum Gasteiger partial charge on any atom is 0.293 e. The highest BCUT2D eigenvalue weighted by molar-refractivity contribution is 6.34. The van der Waals surface area contributed by atoms with Crippen LogP contribution in [0.2, 0.25) is 5.02 Å². The van der Waals surface area contributed by atoms with Crippen molar-refractivity contribution >= 4 is 40.5 Å². The van der Waals surface area contributed by atoms with Crippen LogP contribution < -0.4 is 10.2 Å². The molecule has 2 aliphatic heterocycles. The van der Waals surface area contributed by atoms with Gasteiger partial charge in [-0.3, -0.25) is 19.7 Å². The maximum absolute atomic E-state index is 12.9. The van der Waals surface area contributed by atoms with Crippen LogP contribution in [0.5, 0.6) is 0 Å². The van der Waals surface area contributed by atoms with Gasteiger partial charge in [0.15, 0.2) is 0 Å². The Morgan fingerprint density at radius 3 is 2.35 bits per heavy atom. The minimum absolute atomic E-state index is 0.121. The van der Waals surface area contributed by atoms with E-state index in [1.54, 1.807) is 29.2 Å². The third kappa shape index (κ3) is 5.30. The summed E-state index contributed by atoms with van der Waals surface area (Å²) in [4.78, 5) is 42.8. The molecule has 2 fully saturated rings. The van der Waals surface area contributed by atoms with Gasteiger partial charge in [-0.2, -0.15) is 0 Å². The number of nitro groups is 1. The van der Waals surface area contributed by atoms with Crippen molar-refractivity contribution in [3.63, 3.8) is 0 Å². The number of amides is 2. The second-order valence-corrected chi connectivity index (χ2v) is 8.71. The van der Waals surface area contributed by atoms with E-state index >= 15 is 0 Å². The van der Waals surface area contributed by atoms with E-state index in [0.717, 1.165) is 13.1 Å². The number of nitro benzene ring substituents is 1. The number of nitrogens with one attached hydrogen (secondary N) is 1. The van der Waals surface area contributed by atoms with Crippen LogP contribution in [0.4, 0.5) is 17.1 Å². The molecule has 11 heteroatoms. The van der Waals surface area contributed by atoms with Gasteiger partial charge in [0.25, 0.3) is 17.5 Å². The molecule has 2 aliphatic rings. The number of anilines is 2. The first kappa shape index (κ1) is 23.9. The Kier molecular flexibility index (Phi) is 7.30. The lowest BCUT2D eigenvalue weighted by Gasteiger charge is -2.32. The monoisotopic (exact) mass is 487 g/mol. The van der Waals surface area contributed by atoms with Gasteiger partial charge in [-0.15, -0.1) is 0 Å². The highest BCUT2D eigenvalue weighted by Gasteiger charge is 2.24. The molecule has 10 nitrogen and oxygen atoms in total. The fraction of sp³-hybridized carbons (Fsp3) is 0.391. The van der Waals surface area contributed by atoms with Crippen molar-refractivity contribution in [2.75, 3.05) is 69.7 Å². The Hall–Kier alpha value is -3.21.